The Hall–Kier alpha value is -0.0800. The maximum absolute atomic E-state index is 3.37. The summed E-state index contributed by atoms with van der Waals surface area (Å²) in [4.78, 5) is 0. The van der Waals surface area contributed by atoms with E-state index < -0.39 is 0 Å². The predicted octanol–water partition coefficient (Wildman–Crippen LogP) is 4.50. The average molecular weight is 304 g/mol. The normalized spacial score (nSPS) is 12.2. The smallest absolute Gasteiger partial charge is 0.0567 e. The van der Waals surface area contributed by atoms with Crippen LogP contribution in [0, 0.1) is 5.92 Å². The standard InChI is InChI=1S/C11H12Br2/c1-9(8-11(12)13)7-10-5-3-2-4-6-10/h2-6,8-9H,7H2,1H3/t9-/m1/s1. The Kier molecular flexibility index (Phi) is 4.74. The van der Waals surface area contributed by atoms with E-state index in [1.54, 1.807) is 0 Å². The van der Waals surface area contributed by atoms with Gasteiger partial charge in [-0.25, -0.2) is 0 Å². The van der Waals surface area contributed by atoms with E-state index in [1.165, 1.54) is 5.56 Å². The van der Waals surface area contributed by atoms with E-state index in [-0.39, 0.29) is 0 Å². The van der Waals surface area contributed by atoms with E-state index >= 15 is 0 Å². The third-order valence-electron chi connectivity index (χ3n) is 1.81. The van der Waals surface area contributed by atoms with Gasteiger partial charge in [-0.2, -0.15) is 0 Å². The lowest BCUT2D eigenvalue weighted by Gasteiger charge is -2.05. The zero-order valence-corrected chi connectivity index (χ0v) is 10.7. The predicted molar refractivity (Wildman–Crippen MR) is 65.2 cm³/mol. The molecule has 0 saturated heterocycles. The van der Waals surface area contributed by atoms with E-state index in [2.05, 4.69) is 69.1 Å². The van der Waals surface area contributed by atoms with E-state index in [4.69, 9.17) is 0 Å². The minimum absolute atomic E-state index is 0.552. The molecule has 0 bridgehead atoms. The Morgan fingerprint density at radius 3 is 2.46 bits per heavy atom. The van der Waals surface area contributed by atoms with Crippen molar-refractivity contribution in [1.29, 1.82) is 0 Å². The van der Waals surface area contributed by atoms with Gasteiger partial charge in [-0.15, -0.1) is 0 Å². The molecular formula is C11H12Br2. The maximum atomic E-state index is 3.37. The summed E-state index contributed by atoms with van der Waals surface area (Å²) < 4.78 is 1.03. The summed E-state index contributed by atoms with van der Waals surface area (Å²) in [6, 6.07) is 10.5. The molecule has 2 heteroatoms. The number of hydrogen-bond acceptors (Lipinski definition) is 0. The van der Waals surface area contributed by atoms with Gasteiger partial charge in [0.1, 0.15) is 0 Å². The highest BCUT2D eigenvalue weighted by Gasteiger charge is 1.99. The molecule has 1 aromatic rings. The van der Waals surface area contributed by atoms with Crippen LogP contribution in [0.4, 0.5) is 0 Å². The van der Waals surface area contributed by atoms with Crippen LogP contribution in [0.5, 0.6) is 0 Å². The van der Waals surface area contributed by atoms with Gasteiger partial charge in [0.15, 0.2) is 0 Å². The van der Waals surface area contributed by atoms with Crippen LogP contribution < -0.4 is 0 Å². The van der Waals surface area contributed by atoms with Crippen molar-refractivity contribution in [1.82, 2.24) is 0 Å². The molecule has 0 fully saturated rings. The van der Waals surface area contributed by atoms with Gasteiger partial charge in [0, 0.05) is 0 Å². The van der Waals surface area contributed by atoms with Gasteiger partial charge in [-0.05, 0) is 49.8 Å². The van der Waals surface area contributed by atoms with Crippen molar-refractivity contribution in [3.05, 3.63) is 45.4 Å². The molecule has 0 aromatic heterocycles. The largest absolute Gasteiger partial charge is 0.0622 e. The van der Waals surface area contributed by atoms with Gasteiger partial charge in [-0.3, -0.25) is 0 Å². The van der Waals surface area contributed by atoms with Crippen LogP contribution >= 0.6 is 31.9 Å². The van der Waals surface area contributed by atoms with E-state index in [0.717, 1.165) is 9.81 Å². The van der Waals surface area contributed by atoms with Crippen molar-refractivity contribution in [3.63, 3.8) is 0 Å². The van der Waals surface area contributed by atoms with Crippen LogP contribution in [0.2, 0.25) is 0 Å². The summed E-state index contributed by atoms with van der Waals surface area (Å²) in [7, 11) is 0. The van der Waals surface area contributed by atoms with Crippen LogP contribution in [-0.2, 0) is 6.42 Å². The van der Waals surface area contributed by atoms with Gasteiger partial charge in [-0.1, -0.05) is 43.3 Å². The highest BCUT2D eigenvalue weighted by Crippen LogP contribution is 2.18. The summed E-state index contributed by atoms with van der Waals surface area (Å²) in [6.07, 6.45) is 3.24. The number of allylic oxidation sites excluding steroid dienone is 1. The molecule has 0 aliphatic heterocycles. The Morgan fingerprint density at radius 1 is 1.31 bits per heavy atom. The first-order valence-corrected chi connectivity index (χ1v) is 5.84. The fraction of sp³-hybridized carbons (Fsp3) is 0.273. The summed E-state index contributed by atoms with van der Waals surface area (Å²) >= 11 is 6.73. The highest BCUT2D eigenvalue weighted by molar-refractivity contribution is 9.28. The first-order valence-electron chi connectivity index (χ1n) is 4.25. The lowest BCUT2D eigenvalue weighted by atomic mass is 10.0. The molecule has 0 saturated carbocycles. The van der Waals surface area contributed by atoms with E-state index in [1.807, 2.05) is 6.07 Å². The molecule has 0 aliphatic carbocycles. The summed E-state index contributed by atoms with van der Waals surface area (Å²) in [6.45, 7) is 2.20. The van der Waals surface area contributed by atoms with Gasteiger partial charge in [0.2, 0.25) is 0 Å². The minimum atomic E-state index is 0.552. The molecule has 0 radical (unpaired) electrons. The second-order valence-corrected chi connectivity index (χ2v) is 5.90. The molecule has 0 heterocycles. The third kappa shape index (κ3) is 4.63. The van der Waals surface area contributed by atoms with Crippen molar-refractivity contribution < 1.29 is 0 Å². The van der Waals surface area contributed by atoms with Crippen LogP contribution in [0.25, 0.3) is 0 Å². The highest BCUT2D eigenvalue weighted by atomic mass is 79.9. The van der Waals surface area contributed by atoms with E-state index in [9.17, 15) is 0 Å². The van der Waals surface area contributed by atoms with Crippen LogP contribution in [-0.4, -0.2) is 0 Å². The second kappa shape index (κ2) is 5.61. The zero-order valence-electron chi connectivity index (χ0n) is 7.50. The summed E-state index contributed by atoms with van der Waals surface area (Å²) in [5.74, 6) is 0.552. The molecule has 1 rings (SSSR count). The molecule has 1 aromatic carbocycles. The minimum Gasteiger partial charge on any atom is -0.0622 e. The third-order valence-corrected chi connectivity index (χ3v) is 2.34. The van der Waals surface area contributed by atoms with E-state index in [0.29, 0.717) is 5.92 Å². The molecular weight excluding hydrogens is 292 g/mol. The number of hydrogen-bond donors (Lipinski definition) is 0. The summed E-state index contributed by atoms with van der Waals surface area (Å²) in [5.41, 5.74) is 1.38. The van der Waals surface area contributed by atoms with Gasteiger partial charge >= 0.3 is 0 Å². The zero-order chi connectivity index (χ0) is 9.68. The number of rotatable bonds is 3. The average Bonchev–Trinajstić information content (AvgIpc) is 2.04. The number of halogens is 2. The number of benzene rings is 1. The molecule has 0 unspecified atom stereocenters. The lowest BCUT2D eigenvalue weighted by molar-refractivity contribution is 0.724. The fourth-order valence-corrected chi connectivity index (χ4v) is 2.16. The molecule has 0 nitrogen and oxygen atoms in total. The van der Waals surface area contributed by atoms with Crippen molar-refractivity contribution >= 4 is 31.9 Å². The SMILES string of the molecule is C[C@@H](C=C(Br)Br)Cc1ccccc1. The lowest BCUT2D eigenvalue weighted by Crippen LogP contribution is -1.95. The fourth-order valence-electron chi connectivity index (χ4n) is 1.26. The van der Waals surface area contributed by atoms with Crippen molar-refractivity contribution in [2.24, 2.45) is 5.92 Å². The van der Waals surface area contributed by atoms with Crippen LogP contribution in [0.15, 0.2) is 39.8 Å². The molecule has 0 spiro atoms. The Labute approximate surface area is 96.3 Å². The van der Waals surface area contributed by atoms with Gasteiger partial charge < -0.3 is 0 Å². The van der Waals surface area contributed by atoms with Crippen LogP contribution in [0.1, 0.15) is 12.5 Å². The molecule has 0 aliphatic rings. The maximum Gasteiger partial charge on any atom is 0.0567 e. The molecule has 13 heavy (non-hydrogen) atoms. The Bertz CT molecular complexity index is 273. The molecule has 1 atom stereocenters. The van der Waals surface area contributed by atoms with Crippen molar-refractivity contribution in [2.75, 3.05) is 0 Å². The Balaban J connectivity index is 2.55. The monoisotopic (exact) mass is 302 g/mol. The Morgan fingerprint density at radius 2 is 1.92 bits per heavy atom. The van der Waals surface area contributed by atoms with Gasteiger partial charge in [0.25, 0.3) is 0 Å². The summed E-state index contributed by atoms with van der Waals surface area (Å²) in [5, 5.41) is 0. The first kappa shape index (κ1) is 11.0. The molecule has 0 N–H and O–H groups in total. The topological polar surface area (TPSA) is 0 Å². The quantitative estimate of drug-likeness (QED) is 0.771. The van der Waals surface area contributed by atoms with Crippen molar-refractivity contribution in [2.45, 2.75) is 13.3 Å². The van der Waals surface area contributed by atoms with Crippen molar-refractivity contribution in [3.8, 4) is 0 Å². The first-order chi connectivity index (χ1) is 6.18. The molecule has 0 amide bonds. The molecule has 70 valence electrons. The second-order valence-electron chi connectivity index (χ2n) is 3.12. The van der Waals surface area contributed by atoms with Crippen LogP contribution in [0.3, 0.4) is 0 Å². The van der Waals surface area contributed by atoms with Gasteiger partial charge in [0.05, 0.1) is 3.39 Å².